The molecule has 1 aliphatic heterocycles. The van der Waals surface area contributed by atoms with Crippen LogP contribution in [0, 0.1) is 10.7 Å². The molecule has 0 aliphatic carbocycles. The molecule has 0 aromatic rings. The van der Waals surface area contributed by atoms with Crippen molar-refractivity contribution < 1.29 is 9.22 Å². The topological polar surface area (TPSA) is 33.0 Å². The molecule has 0 atom stereocenters. The van der Waals surface area contributed by atoms with E-state index in [1.165, 1.54) is 29.5 Å². The zero-order valence-electron chi connectivity index (χ0n) is 7.75. The number of hydrogen-bond donors (Lipinski definition) is 0. The number of nitriles is 1. The van der Waals surface area contributed by atoms with Crippen molar-refractivity contribution in [1.29, 1.82) is 5.26 Å². The molecule has 0 amide bonds. The number of quaternary nitrogens is 1. The molecule has 1 fully saturated rings. The van der Waals surface area contributed by atoms with Crippen molar-refractivity contribution in [3.63, 3.8) is 0 Å². The lowest BCUT2D eigenvalue weighted by Crippen LogP contribution is -2.51. The Morgan fingerprint density at radius 3 is 2.17 bits per heavy atom. The summed E-state index contributed by atoms with van der Waals surface area (Å²) in [6, 6.07) is 0. The molecule has 0 N–H and O–H groups in total. The second-order valence-electron chi connectivity index (χ2n) is 3.09. The van der Waals surface area contributed by atoms with E-state index in [2.05, 4.69) is 26.6 Å². The Morgan fingerprint density at radius 2 is 1.92 bits per heavy atom. The van der Waals surface area contributed by atoms with E-state index >= 15 is 0 Å². The molecule has 4 heteroatoms. The molecule has 1 rings (SSSR count). The Hall–Kier alpha value is -0.370. The minimum absolute atomic E-state index is 0.949. The Labute approximate surface area is 79.9 Å². The van der Waals surface area contributed by atoms with Gasteiger partial charge in [-0.3, -0.25) is 0 Å². The molecule has 0 radical (unpaired) electrons. The quantitative estimate of drug-likeness (QED) is 0.341. The number of morpholine rings is 1. The highest BCUT2D eigenvalue weighted by Gasteiger charge is 2.21. The van der Waals surface area contributed by atoms with Crippen LogP contribution in [0.15, 0.2) is 0 Å². The zero-order valence-corrected chi connectivity index (χ0v) is 8.56. The van der Waals surface area contributed by atoms with Crippen LogP contribution in [-0.2, 0) is 17.4 Å². The summed E-state index contributed by atoms with van der Waals surface area (Å²) in [4.78, 5) is 0. The third-order valence-corrected chi connectivity index (χ3v) is 2.31. The molecule has 1 saturated heterocycles. The smallest absolute Gasteiger partial charge is 0.102 e. The normalized spacial score (nSPS) is 20.1. The van der Waals surface area contributed by atoms with Gasteiger partial charge in [-0.1, -0.05) is 5.40 Å². The van der Waals surface area contributed by atoms with Crippen molar-refractivity contribution in [2.75, 3.05) is 39.9 Å². The van der Waals surface area contributed by atoms with Crippen LogP contribution in [0.1, 0.15) is 6.92 Å². The number of rotatable bonds is 1. The minimum atomic E-state index is 0.949. The van der Waals surface area contributed by atoms with Gasteiger partial charge in [0.25, 0.3) is 0 Å². The van der Waals surface area contributed by atoms with E-state index in [-0.39, 0.29) is 0 Å². The van der Waals surface area contributed by atoms with Gasteiger partial charge in [0.1, 0.15) is 13.1 Å². The summed E-state index contributed by atoms with van der Waals surface area (Å²) in [5, 5.41) is 8.47. The van der Waals surface area contributed by atoms with Gasteiger partial charge < -0.3 is 21.8 Å². The van der Waals surface area contributed by atoms with Gasteiger partial charge in [0, 0.05) is 0 Å². The molecule has 1 heterocycles. The highest BCUT2D eigenvalue weighted by Crippen LogP contribution is 2.05. The van der Waals surface area contributed by atoms with Crippen molar-refractivity contribution in [1.82, 2.24) is 0 Å². The molecule has 0 aromatic heterocycles. The first kappa shape index (κ1) is 11.6. The van der Waals surface area contributed by atoms with Gasteiger partial charge in [-0.15, -0.1) is 0 Å². The van der Waals surface area contributed by atoms with Gasteiger partial charge in [0.2, 0.25) is 0 Å². The highest BCUT2D eigenvalue weighted by molar-refractivity contribution is 7.64. The fraction of sp³-hybridized carbons (Fsp3) is 0.875. The summed E-state index contributed by atoms with van der Waals surface area (Å²) in [7, 11) is 2.29. The van der Waals surface area contributed by atoms with E-state index in [4.69, 9.17) is 10.00 Å². The summed E-state index contributed by atoms with van der Waals surface area (Å²) < 4.78 is 6.45. The van der Waals surface area contributed by atoms with Gasteiger partial charge in [0.05, 0.1) is 26.8 Å². The lowest BCUT2D eigenvalue weighted by Gasteiger charge is -2.36. The fourth-order valence-corrected chi connectivity index (χ4v) is 1.10. The summed E-state index contributed by atoms with van der Waals surface area (Å²) in [5.74, 6) is 0. The van der Waals surface area contributed by atoms with Crippen molar-refractivity contribution >= 4 is 12.6 Å². The molecular weight excluding hydrogens is 172 g/mol. The lowest BCUT2D eigenvalue weighted by atomic mass is 10.3. The fourth-order valence-electron chi connectivity index (χ4n) is 1.10. The lowest BCUT2D eigenvalue weighted by molar-refractivity contribution is -0.915. The predicted octanol–water partition coefficient (Wildman–Crippen LogP) is 0.497. The van der Waals surface area contributed by atoms with E-state index in [9.17, 15) is 0 Å². The summed E-state index contributed by atoms with van der Waals surface area (Å²) in [5.41, 5.74) is 0. The molecule has 0 spiro atoms. The van der Waals surface area contributed by atoms with Crippen LogP contribution in [-0.4, -0.2) is 44.4 Å². The van der Waals surface area contributed by atoms with Crippen molar-refractivity contribution in [3.8, 4) is 5.40 Å². The van der Waals surface area contributed by atoms with E-state index in [1.54, 1.807) is 0 Å². The van der Waals surface area contributed by atoms with Crippen LogP contribution in [0.5, 0.6) is 0 Å². The van der Waals surface area contributed by atoms with E-state index in [0.29, 0.717) is 0 Å². The van der Waals surface area contributed by atoms with E-state index in [0.717, 1.165) is 13.2 Å². The van der Waals surface area contributed by atoms with Crippen LogP contribution in [0.4, 0.5) is 0 Å². The molecular formula is C8H16N2OS. The van der Waals surface area contributed by atoms with Gasteiger partial charge in [-0.05, 0) is 6.92 Å². The van der Waals surface area contributed by atoms with Gasteiger partial charge >= 0.3 is 0 Å². The van der Waals surface area contributed by atoms with Crippen molar-refractivity contribution in [3.05, 3.63) is 0 Å². The first-order valence-electron chi connectivity index (χ1n) is 4.11. The first-order chi connectivity index (χ1) is 5.68. The molecule has 0 bridgehead atoms. The van der Waals surface area contributed by atoms with Crippen LogP contribution < -0.4 is 0 Å². The summed E-state index contributed by atoms with van der Waals surface area (Å²) >= 11 is 3.70. The Bertz CT molecular complexity index is 150. The van der Waals surface area contributed by atoms with Crippen LogP contribution in [0.25, 0.3) is 0 Å². The summed E-state index contributed by atoms with van der Waals surface area (Å²) in [6.07, 6.45) is 0. The number of ether oxygens (including phenoxy) is 1. The van der Waals surface area contributed by atoms with Crippen LogP contribution in [0.3, 0.4) is 0 Å². The molecule has 0 unspecified atom stereocenters. The SMILES string of the molecule is CC[N+]1(C)CCOCC1.N#C[S-]. The summed E-state index contributed by atoms with van der Waals surface area (Å²) in [6.45, 7) is 7.76. The maximum absolute atomic E-state index is 7.13. The molecule has 0 saturated carbocycles. The van der Waals surface area contributed by atoms with Crippen LogP contribution >= 0.6 is 0 Å². The Balaban J connectivity index is 0.000000354. The zero-order chi connectivity index (χ0) is 9.45. The second-order valence-corrected chi connectivity index (χ2v) is 3.27. The van der Waals surface area contributed by atoms with Gasteiger partial charge in [-0.2, -0.15) is 0 Å². The predicted molar refractivity (Wildman–Crippen MR) is 50.3 cm³/mol. The molecule has 3 nitrogen and oxygen atoms in total. The average Bonchev–Trinajstić information content (AvgIpc) is 2.07. The molecule has 70 valence electrons. The van der Waals surface area contributed by atoms with Gasteiger partial charge in [-0.25, -0.2) is 5.26 Å². The third-order valence-electron chi connectivity index (χ3n) is 2.31. The van der Waals surface area contributed by atoms with Crippen molar-refractivity contribution in [2.45, 2.75) is 6.92 Å². The third kappa shape index (κ3) is 4.50. The van der Waals surface area contributed by atoms with E-state index in [1.807, 2.05) is 0 Å². The minimum Gasteiger partial charge on any atom is -0.696 e. The number of thiocyanates is 1. The van der Waals surface area contributed by atoms with Crippen molar-refractivity contribution in [2.24, 2.45) is 0 Å². The maximum atomic E-state index is 7.13. The van der Waals surface area contributed by atoms with E-state index < -0.39 is 0 Å². The Morgan fingerprint density at radius 1 is 1.50 bits per heavy atom. The monoisotopic (exact) mass is 188 g/mol. The number of likely N-dealkylation sites (N-methyl/N-ethyl adjacent to an activating group) is 1. The largest absolute Gasteiger partial charge is 0.696 e. The highest BCUT2D eigenvalue weighted by atomic mass is 32.1. The molecule has 0 aromatic carbocycles. The van der Waals surface area contributed by atoms with Gasteiger partial charge in [0.15, 0.2) is 0 Å². The Kier molecular flexibility index (Phi) is 5.99. The average molecular weight is 188 g/mol. The first-order valence-corrected chi connectivity index (χ1v) is 4.52. The number of hydrogen-bond acceptors (Lipinski definition) is 3. The second kappa shape index (κ2) is 6.18. The maximum Gasteiger partial charge on any atom is 0.102 e. The molecule has 1 aliphatic rings. The standard InChI is InChI=1S/C7H16NO.CHNS/c1-3-8(2)4-6-9-7-5-8;2-1-3/h3-7H2,1-2H3;3H/q+1;/p-1. The molecule has 12 heavy (non-hydrogen) atoms. The number of nitrogens with zero attached hydrogens (tertiary/aromatic N) is 2. The van der Waals surface area contributed by atoms with Crippen LogP contribution in [0.2, 0.25) is 0 Å².